The maximum absolute atomic E-state index is 5.82. The van der Waals surface area contributed by atoms with Crippen LogP contribution in [0, 0.1) is 5.41 Å². The normalized spacial score (nSPS) is 16.3. The molecule has 1 fully saturated rings. The molecule has 0 bridgehead atoms. The first-order valence-corrected chi connectivity index (χ1v) is 6.92. The molecule has 3 N–H and O–H groups in total. The summed E-state index contributed by atoms with van der Waals surface area (Å²) in [7, 11) is 0. The van der Waals surface area contributed by atoms with Gasteiger partial charge in [-0.3, -0.25) is 0 Å². The second-order valence-electron chi connectivity index (χ2n) is 5.60. The monoisotopic (exact) mass is 271 g/mol. The summed E-state index contributed by atoms with van der Waals surface area (Å²) >= 11 is 5.14. The van der Waals surface area contributed by atoms with Crippen molar-refractivity contribution in [3.05, 3.63) is 35.9 Å². The number of hydrogen-bond acceptors (Lipinski definition) is 3. The van der Waals surface area contributed by atoms with E-state index in [0.29, 0.717) is 10.4 Å². The van der Waals surface area contributed by atoms with E-state index in [2.05, 4.69) is 17.2 Å². The lowest BCUT2D eigenvalue weighted by Crippen LogP contribution is -2.15. The van der Waals surface area contributed by atoms with E-state index < -0.39 is 0 Å². The van der Waals surface area contributed by atoms with Crippen molar-refractivity contribution < 1.29 is 0 Å². The quantitative estimate of drug-likeness (QED) is 0.839. The van der Waals surface area contributed by atoms with Gasteiger partial charge in [-0.25, -0.2) is 4.98 Å². The minimum atomic E-state index is 0.416. The van der Waals surface area contributed by atoms with Crippen LogP contribution in [0.3, 0.4) is 0 Å². The lowest BCUT2D eigenvalue weighted by molar-refractivity contribution is 0.609. The minimum Gasteiger partial charge on any atom is -0.389 e. The number of rotatable bonds is 4. The van der Waals surface area contributed by atoms with E-state index in [9.17, 15) is 0 Å². The maximum Gasteiger partial charge on any atom is 0.127 e. The number of nitrogens with zero attached hydrogens (tertiary/aromatic N) is 1. The van der Waals surface area contributed by atoms with Gasteiger partial charge in [0.25, 0.3) is 0 Å². The van der Waals surface area contributed by atoms with E-state index in [1.807, 2.05) is 30.3 Å². The molecule has 4 heteroatoms. The SMILES string of the molecule is CC1(CNc2cc(C(N)=S)c3ccccc3n2)CC1. The Bertz CT molecular complexity index is 647. The molecule has 3 rings (SSSR count). The Morgan fingerprint density at radius 3 is 2.84 bits per heavy atom. The first-order valence-electron chi connectivity index (χ1n) is 6.51. The van der Waals surface area contributed by atoms with E-state index in [1.165, 1.54) is 12.8 Å². The lowest BCUT2D eigenvalue weighted by atomic mass is 10.1. The van der Waals surface area contributed by atoms with E-state index in [0.717, 1.165) is 28.8 Å². The van der Waals surface area contributed by atoms with Crippen LogP contribution in [0.1, 0.15) is 25.3 Å². The Morgan fingerprint density at radius 1 is 1.42 bits per heavy atom. The van der Waals surface area contributed by atoms with Crippen LogP contribution in [-0.2, 0) is 0 Å². The predicted octanol–water partition coefficient (Wildman–Crippen LogP) is 3.08. The van der Waals surface area contributed by atoms with Gasteiger partial charge in [-0.2, -0.15) is 0 Å². The Balaban J connectivity index is 1.98. The van der Waals surface area contributed by atoms with Crippen molar-refractivity contribution in [2.75, 3.05) is 11.9 Å². The van der Waals surface area contributed by atoms with E-state index in [4.69, 9.17) is 18.0 Å². The number of anilines is 1. The molecule has 0 radical (unpaired) electrons. The molecule has 2 aromatic rings. The standard InChI is InChI=1S/C15H17N3S/c1-15(6-7-15)9-17-13-8-11(14(16)19)10-4-2-3-5-12(10)18-13/h2-5,8H,6-7,9H2,1H3,(H2,16,19)(H,17,18). The molecule has 0 amide bonds. The third kappa shape index (κ3) is 2.54. The fourth-order valence-corrected chi connectivity index (χ4v) is 2.33. The summed E-state index contributed by atoms with van der Waals surface area (Å²) in [5.41, 5.74) is 8.08. The molecule has 0 atom stereocenters. The molecule has 0 unspecified atom stereocenters. The van der Waals surface area contributed by atoms with Crippen molar-refractivity contribution in [3.63, 3.8) is 0 Å². The zero-order valence-corrected chi connectivity index (χ0v) is 11.8. The molecule has 0 spiro atoms. The summed E-state index contributed by atoms with van der Waals surface area (Å²) in [5.74, 6) is 0.856. The lowest BCUT2D eigenvalue weighted by Gasteiger charge is -2.13. The number of nitrogens with one attached hydrogen (secondary N) is 1. The smallest absolute Gasteiger partial charge is 0.127 e. The number of nitrogens with two attached hydrogens (primary N) is 1. The molecule has 19 heavy (non-hydrogen) atoms. The average Bonchev–Trinajstić information content (AvgIpc) is 3.14. The van der Waals surface area contributed by atoms with E-state index >= 15 is 0 Å². The second-order valence-corrected chi connectivity index (χ2v) is 6.04. The number of thiocarbonyl (C=S) groups is 1. The molecule has 1 aromatic heterocycles. The Hall–Kier alpha value is -1.68. The summed E-state index contributed by atoms with van der Waals surface area (Å²) in [5, 5.41) is 4.42. The largest absolute Gasteiger partial charge is 0.389 e. The number of pyridine rings is 1. The maximum atomic E-state index is 5.82. The van der Waals surface area contributed by atoms with Gasteiger partial charge in [0, 0.05) is 17.5 Å². The zero-order valence-electron chi connectivity index (χ0n) is 10.9. The van der Waals surface area contributed by atoms with Gasteiger partial charge in [0.05, 0.1) is 5.52 Å². The highest BCUT2D eigenvalue weighted by atomic mass is 32.1. The molecular formula is C15H17N3S. The van der Waals surface area contributed by atoms with Crippen LogP contribution < -0.4 is 11.1 Å². The van der Waals surface area contributed by atoms with Gasteiger partial charge in [-0.15, -0.1) is 0 Å². The molecule has 0 aliphatic heterocycles. The molecular weight excluding hydrogens is 254 g/mol. The first kappa shape index (κ1) is 12.4. The highest BCUT2D eigenvalue weighted by molar-refractivity contribution is 7.80. The van der Waals surface area contributed by atoms with Crippen molar-refractivity contribution >= 4 is 33.9 Å². The van der Waals surface area contributed by atoms with Crippen LogP contribution in [0.25, 0.3) is 10.9 Å². The van der Waals surface area contributed by atoms with Crippen LogP contribution in [0.4, 0.5) is 5.82 Å². The summed E-state index contributed by atoms with van der Waals surface area (Å²) in [6.07, 6.45) is 2.57. The van der Waals surface area contributed by atoms with Gasteiger partial charge < -0.3 is 11.1 Å². The van der Waals surface area contributed by atoms with Crippen molar-refractivity contribution in [3.8, 4) is 0 Å². The van der Waals surface area contributed by atoms with Crippen molar-refractivity contribution in [1.29, 1.82) is 0 Å². The Kier molecular flexibility index (Phi) is 2.90. The van der Waals surface area contributed by atoms with Gasteiger partial charge >= 0.3 is 0 Å². The highest BCUT2D eigenvalue weighted by Gasteiger charge is 2.36. The van der Waals surface area contributed by atoms with E-state index in [1.54, 1.807) is 0 Å². The van der Waals surface area contributed by atoms with Gasteiger partial charge in [-0.05, 0) is 30.4 Å². The van der Waals surface area contributed by atoms with Crippen LogP contribution in [0.5, 0.6) is 0 Å². The van der Waals surface area contributed by atoms with Gasteiger partial charge in [0.15, 0.2) is 0 Å². The summed E-state index contributed by atoms with van der Waals surface area (Å²) in [6.45, 7) is 3.24. The van der Waals surface area contributed by atoms with Gasteiger partial charge in [-0.1, -0.05) is 37.3 Å². The van der Waals surface area contributed by atoms with Crippen molar-refractivity contribution in [2.24, 2.45) is 11.1 Å². The van der Waals surface area contributed by atoms with E-state index in [-0.39, 0.29) is 0 Å². The Morgan fingerprint density at radius 2 is 2.16 bits per heavy atom. The summed E-state index contributed by atoms with van der Waals surface area (Å²) in [6, 6.07) is 9.90. The molecule has 1 saturated carbocycles. The predicted molar refractivity (Wildman–Crippen MR) is 83.5 cm³/mol. The van der Waals surface area contributed by atoms with Crippen LogP contribution in [0.2, 0.25) is 0 Å². The summed E-state index contributed by atoms with van der Waals surface area (Å²) in [4.78, 5) is 5.04. The Labute approximate surface area is 118 Å². The van der Waals surface area contributed by atoms with Crippen LogP contribution in [-0.4, -0.2) is 16.5 Å². The van der Waals surface area contributed by atoms with Crippen LogP contribution in [0.15, 0.2) is 30.3 Å². The highest BCUT2D eigenvalue weighted by Crippen LogP contribution is 2.44. The van der Waals surface area contributed by atoms with Gasteiger partial charge in [0.1, 0.15) is 10.8 Å². The van der Waals surface area contributed by atoms with Crippen molar-refractivity contribution in [1.82, 2.24) is 4.98 Å². The number of para-hydroxylation sites is 1. The third-order valence-electron chi connectivity index (χ3n) is 3.78. The fourth-order valence-electron chi connectivity index (χ4n) is 2.16. The van der Waals surface area contributed by atoms with Gasteiger partial charge in [0.2, 0.25) is 0 Å². The summed E-state index contributed by atoms with van der Waals surface area (Å²) < 4.78 is 0. The topological polar surface area (TPSA) is 50.9 Å². The minimum absolute atomic E-state index is 0.416. The molecule has 1 aliphatic carbocycles. The number of fused-ring (bicyclic) bond motifs is 1. The third-order valence-corrected chi connectivity index (χ3v) is 4.00. The van der Waals surface area contributed by atoms with Crippen LogP contribution >= 0.6 is 12.2 Å². The molecule has 98 valence electrons. The van der Waals surface area contributed by atoms with Crippen molar-refractivity contribution in [2.45, 2.75) is 19.8 Å². The number of benzene rings is 1. The second kappa shape index (κ2) is 4.46. The number of hydrogen-bond donors (Lipinski definition) is 2. The molecule has 0 saturated heterocycles. The zero-order chi connectivity index (χ0) is 13.5. The average molecular weight is 271 g/mol. The first-order chi connectivity index (χ1) is 9.07. The molecule has 1 aliphatic rings. The molecule has 1 heterocycles. The number of aromatic nitrogens is 1. The molecule has 3 nitrogen and oxygen atoms in total. The molecule has 1 aromatic carbocycles. The fraction of sp³-hybridized carbons (Fsp3) is 0.333.